The van der Waals surface area contributed by atoms with E-state index in [1.807, 2.05) is 17.1 Å². The van der Waals surface area contributed by atoms with Crippen molar-refractivity contribution in [2.45, 2.75) is 36.8 Å². The van der Waals surface area contributed by atoms with E-state index in [1.165, 1.54) is 11.4 Å². The Balaban J connectivity index is 1.71. The van der Waals surface area contributed by atoms with Gasteiger partial charge in [0.25, 0.3) is 0 Å². The summed E-state index contributed by atoms with van der Waals surface area (Å²) in [6.45, 7) is 3.20. The number of halogens is 3. The van der Waals surface area contributed by atoms with Gasteiger partial charge in [-0.25, -0.2) is 12.7 Å². The predicted molar refractivity (Wildman–Crippen MR) is 127 cm³/mol. The van der Waals surface area contributed by atoms with Crippen LogP contribution in [0.15, 0.2) is 41.3 Å². The number of aliphatic hydroxyl groups is 2. The van der Waals surface area contributed by atoms with E-state index >= 15 is 0 Å². The van der Waals surface area contributed by atoms with Crippen LogP contribution in [0.1, 0.15) is 31.2 Å². The van der Waals surface area contributed by atoms with Crippen molar-refractivity contribution in [2.75, 3.05) is 59.7 Å². The molecule has 1 saturated carbocycles. The predicted octanol–water partition coefficient (Wildman–Crippen LogP) is 2.99. The molecule has 0 atom stereocenters. The minimum atomic E-state index is -4.51. The average Bonchev–Trinajstić information content (AvgIpc) is 2.82. The van der Waals surface area contributed by atoms with Crippen LogP contribution in [0.25, 0.3) is 0 Å². The molecule has 2 rings (SSSR count). The third-order valence-corrected chi connectivity index (χ3v) is 8.14. The van der Waals surface area contributed by atoms with E-state index in [2.05, 4.69) is 0 Å². The van der Waals surface area contributed by atoms with Gasteiger partial charge in [0.2, 0.25) is 10.0 Å². The summed E-state index contributed by atoms with van der Waals surface area (Å²) in [7, 11) is -2.38. The monoisotopic (exact) mass is 522 g/mol. The van der Waals surface area contributed by atoms with Crippen LogP contribution in [0, 0.1) is 11.8 Å². The van der Waals surface area contributed by atoms with Crippen LogP contribution in [0.2, 0.25) is 0 Å². The minimum absolute atomic E-state index is 0.0454. The Hall–Kier alpha value is -1.50. The van der Waals surface area contributed by atoms with Crippen LogP contribution < -0.4 is 0 Å². The van der Waals surface area contributed by atoms with E-state index in [1.54, 1.807) is 0 Å². The Morgan fingerprint density at radius 2 is 1.57 bits per heavy atom. The fourth-order valence-corrected chi connectivity index (χ4v) is 5.46. The van der Waals surface area contributed by atoms with Crippen LogP contribution in [-0.2, 0) is 20.9 Å². The molecule has 7 nitrogen and oxygen atoms in total. The summed E-state index contributed by atoms with van der Waals surface area (Å²) in [5.41, 5.74) is -0.875. The summed E-state index contributed by atoms with van der Waals surface area (Å²) >= 11 is 0. The maximum absolute atomic E-state index is 12.8. The molecule has 11 heteroatoms. The van der Waals surface area contributed by atoms with Crippen LogP contribution in [0.4, 0.5) is 13.2 Å². The average molecular weight is 523 g/mol. The molecule has 0 saturated heterocycles. The molecule has 1 aliphatic carbocycles. The van der Waals surface area contributed by atoms with Gasteiger partial charge in [0.1, 0.15) is 0 Å². The first-order valence-electron chi connectivity index (χ1n) is 11.9. The molecule has 1 aromatic rings. The standard InChI is InChI=1S/C24H37F3N2O5S/c1-28(35(32,33)23-10-8-22(9-11-23)24(25,26)27)18-20-4-6-21(7-5-20)19-34-17-3-2-12-29(13-15-30)14-16-31/h2-3,8-11,20-21,30-31H,4-7,12-19H2,1H3. The topological polar surface area (TPSA) is 90.3 Å². The van der Waals surface area contributed by atoms with E-state index in [4.69, 9.17) is 14.9 Å². The van der Waals surface area contributed by atoms with Gasteiger partial charge in [0, 0.05) is 39.8 Å². The molecular formula is C24H37F3N2O5S. The largest absolute Gasteiger partial charge is 0.416 e. The fraction of sp³-hybridized carbons (Fsp3) is 0.667. The van der Waals surface area contributed by atoms with Crippen molar-refractivity contribution >= 4 is 10.0 Å². The lowest BCUT2D eigenvalue weighted by Gasteiger charge is -2.30. The molecule has 0 aromatic heterocycles. The Morgan fingerprint density at radius 1 is 1.00 bits per heavy atom. The van der Waals surface area contributed by atoms with Crippen LogP contribution >= 0.6 is 0 Å². The van der Waals surface area contributed by atoms with Gasteiger partial charge >= 0.3 is 6.18 Å². The lowest BCUT2D eigenvalue weighted by atomic mass is 9.82. The van der Waals surface area contributed by atoms with Crippen molar-refractivity contribution in [1.29, 1.82) is 0 Å². The van der Waals surface area contributed by atoms with Gasteiger partial charge in [-0.05, 0) is 61.8 Å². The Bertz CT molecular complexity index is 864. The Labute approximate surface area is 206 Å². The van der Waals surface area contributed by atoms with Crippen molar-refractivity contribution in [3.63, 3.8) is 0 Å². The molecule has 1 aromatic carbocycles. The van der Waals surface area contributed by atoms with Crippen molar-refractivity contribution in [2.24, 2.45) is 11.8 Å². The Kier molecular flexibility index (Phi) is 12.1. The summed E-state index contributed by atoms with van der Waals surface area (Å²) in [5, 5.41) is 18.0. The van der Waals surface area contributed by atoms with Crippen molar-refractivity contribution in [3.05, 3.63) is 42.0 Å². The Morgan fingerprint density at radius 3 is 2.11 bits per heavy atom. The van der Waals surface area contributed by atoms with Crippen LogP contribution in [-0.4, -0.2) is 87.5 Å². The van der Waals surface area contributed by atoms with Crippen molar-refractivity contribution in [3.8, 4) is 0 Å². The second kappa shape index (κ2) is 14.3. The quantitative estimate of drug-likeness (QED) is 0.289. The molecule has 200 valence electrons. The number of alkyl halides is 3. The number of rotatable bonds is 14. The van der Waals surface area contributed by atoms with Gasteiger partial charge < -0.3 is 14.9 Å². The van der Waals surface area contributed by atoms with Gasteiger partial charge in [-0.15, -0.1) is 0 Å². The molecule has 35 heavy (non-hydrogen) atoms. The smallest absolute Gasteiger partial charge is 0.395 e. The molecule has 2 N–H and O–H groups in total. The summed E-state index contributed by atoms with van der Waals surface area (Å²) in [6.07, 6.45) is 2.98. The SMILES string of the molecule is CN(CC1CCC(COCC=CCN(CCO)CCO)CC1)S(=O)(=O)c1ccc(C(F)(F)F)cc1. The number of aliphatic hydroxyl groups excluding tert-OH is 2. The highest BCUT2D eigenvalue weighted by atomic mass is 32.2. The lowest BCUT2D eigenvalue weighted by Crippen LogP contribution is -2.34. The first-order chi connectivity index (χ1) is 16.6. The minimum Gasteiger partial charge on any atom is -0.395 e. The summed E-state index contributed by atoms with van der Waals surface area (Å²) in [5.74, 6) is 0.612. The first-order valence-corrected chi connectivity index (χ1v) is 13.3. The highest BCUT2D eigenvalue weighted by molar-refractivity contribution is 7.89. The maximum Gasteiger partial charge on any atom is 0.416 e. The molecular weight excluding hydrogens is 485 g/mol. The number of ether oxygens (including phenoxy) is 1. The van der Waals surface area contributed by atoms with E-state index in [9.17, 15) is 21.6 Å². The molecule has 1 aliphatic rings. The van der Waals surface area contributed by atoms with E-state index in [0.717, 1.165) is 49.9 Å². The number of benzene rings is 1. The van der Waals surface area contributed by atoms with Gasteiger partial charge in [-0.2, -0.15) is 13.2 Å². The molecule has 0 aliphatic heterocycles. The van der Waals surface area contributed by atoms with Crippen LogP contribution in [0.5, 0.6) is 0 Å². The third-order valence-electron chi connectivity index (χ3n) is 6.30. The summed E-state index contributed by atoms with van der Waals surface area (Å²) in [6, 6.07) is 3.60. The third kappa shape index (κ3) is 9.82. The maximum atomic E-state index is 12.8. The second-order valence-corrected chi connectivity index (χ2v) is 11.0. The molecule has 0 unspecified atom stereocenters. The molecule has 1 fully saturated rings. The normalized spacial score (nSPS) is 19.8. The van der Waals surface area contributed by atoms with E-state index in [-0.39, 0.29) is 24.0 Å². The number of hydrogen-bond donors (Lipinski definition) is 2. The highest BCUT2D eigenvalue weighted by Crippen LogP contribution is 2.32. The van der Waals surface area contributed by atoms with Gasteiger partial charge in [-0.3, -0.25) is 4.90 Å². The zero-order valence-corrected chi connectivity index (χ0v) is 21.0. The number of hydrogen-bond acceptors (Lipinski definition) is 6. The summed E-state index contributed by atoms with van der Waals surface area (Å²) in [4.78, 5) is 1.80. The molecule has 0 radical (unpaired) electrons. The molecule has 0 amide bonds. The van der Waals surface area contributed by atoms with Crippen molar-refractivity contribution in [1.82, 2.24) is 9.21 Å². The van der Waals surface area contributed by atoms with Gasteiger partial charge in [-0.1, -0.05) is 12.2 Å². The zero-order chi connectivity index (χ0) is 25.9. The number of nitrogens with zero attached hydrogens (tertiary/aromatic N) is 2. The molecule has 0 heterocycles. The fourth-order valence-electron chi connectivity index (χ4n) is 4.21. The van der Waals surface area contributed by atoms with Crippen LogP contribution in [0.3, 0.4) is 0 Å². The second-order valence-electron chi connectivity index (χ2n) is 8.95. The van der Waals surface area contributed by atoms with E-state index in [0.29, 0.717) is 45.3 Å². The van der Waals surface area contributed by atoms with Gasteiger partial charge in [0.05, 0.1) is 30.3 Å². The molecule has 0 bridgehead atoms. The van der Waals surface area contributed by atoms with Gasteiger partial charge in [0.15, 0.2) is 0 Å². The van der Waals surface area contributed by atoms with Crippen molar-refractivity contribution < 1.29 is 36.5 Å². The first kappa shape index (κ1) is 29.7. The van der Waals surface area contributed by atoms with E-state index < -0.39 is 21.8 Å². The summed E-state index contributed by atoms with van der Waals surface area (Å²) < 4.78 is 70.7. The molecule has 0 spiro atoms. The lowest BCUT2D eigenvalue weighted by molar-refractivity contribution is -0.137. The number of sulfonamides is 1. The zero-order valence-electron chi connectivity index (χ0n) is 20.2. The highest BCUT2D eigenvalue weighted by Gasteiger charge is 2.32.